The first kappa shape index (κ1) is 15.0. The minimum absolute atomic E-state index is 0.183. The number of ketones is 1. The van der Waals surface area contributed by atoms with Crippen molar-refractivity contribution in [2.45, 2.75) is 11.8 Å². The molecule has 7 heteroatoms. The summed E-state index contributed by atoms with van der Waals surface area (Å²) in [4.78, 5) is 11.1. The average Bonchev–Trinajstić information content (AvgIpc) is 2.37. The van der Waals surface area contributed by atoms with E-state index in [2.05, 4.69) is 4.72 Å². The lowest BCUT2D eigenvalue weighted by Crippen LogP contribution is -2.15. The van der Waals surface area contributed by atoms with E-state index in [1.54, 1.807) is 12.1 Å². The first-order valence-corrected chi connectivity index (χ1v) is 7.47. The Balaban J connectivity index is 2.37. The lowest BCUT2D eigenvalue weighted by atomic mass is 10.1. The number of anilines is 2. The zero-order chi connectivity index (χ0) is 15.6. The molecule has 0 amide bonds. The molecule has 3 N–H and O–H groups in total. The second-order valence-corrected chi connectivity index (χ2v) is 6.08. The molecule has 0 bridgehead atoms. The summed E-state index contributed by atoms with van der Waals surface area (Å²) in [6.07, 6.45) is 0. The Hall–Kier alpha value is -2.41. The molecule has 0 heterocycles. The summed E-state index contributed by atoms with van der Waals surface area (Å²) in [5.74, 6) is -0.803. The molecule has 2 aromatic carbocycles. The molecule has 0 aliphatic rings. The Morgan fingerprint density at radius 2 is 1.90 bits per heavy atom. The molecule has 0 fully saturated rings. The lowest BCUT2D eigenvalue weighted by Gasteiger charge is -2.10. The summed E-state index contributed by atoms with van der Waals surface area (Å²) >= 11 is 0. The molecular formula is C14H13FN2O3S. The third-order valence-electron chi connectivity index (χ3n) is 2.78. The van der Waals surface area contributed by atoms with E-state index in [-0.39, 0.29) is 22.1 Å². The van der Waals surface area contributed by atoms with Gasteiger partial charge in [0.25, 0.3) is 10.0 Å². The topological polar surface area (TPSA) is 89.3 Å². The molecule has 2 aromatic rings. The van der Waals surface area contributed by atoms with Crippen molar-refractivity contribution >= 4 is 27.2 Å². The van der Waals surface area contributed by atoms with Crippen LogP contribution in [0.5, 0.6) is 0 Å². The zero-order valence-electron chi connectivity index (χ0n) is 11.1. The fourth-order valence-electron chi connectivity index (χ4n) is 1.78. The second-order valence-electron chi connectivity index (χ2n) is 4.42. The third kappa shape index (κ3) is 3.38. The standard InChI is InChI=1S/C14H13FN2O3S/c1-9(18)10-3-2-4-12(7-10)17-21(19,20)14-6-5-11(15)8-13(14)16/h2-8,17H,16H2,1H3. The quantitative estimate of drug-likeness (QED) is 0.670. The number of nitrogens with one attached hydrogen (secondary N) is 1. The highest BCUT2D eigenvalue weighted by Gasteiger charge is 2.18. The van der Waals surface area contributed by atoms with Gasteiger partial charge in [-0.1, -0.05) is 12.1 Å². The second kappa shape index (κ2) is 5.53. The van der Waals surface area contributed by atoms with Gasteiger partial charge in [-0.2, -0.15) is 0 Å². The maximum atomic E-state index is 13.0. The SMILES string of the molecule is CC(=O)c1cccc(NS(=O)(=O)c2ccc(F)cc2N)c1. The number of rotatable bonds is 4. The van der Waals surface area contributed by atoms with Gasteiger partial charge in [-0.3, -0.25) is 9.52 Å². The van der Waals surface area contributed by atoms with Gasteiger partial charge in [0.1, 0.15) is 10.7 Å². The van der Waals surface area contributed by atoms with E-state index in [9.17, 15) is 17.6 Å². The fourth-order valence-corrected chi connectivity index (χ4v) is 2.94. The largest absolute Gasteiger partial charge is 0.398 e. The first-order chi connectivity index (χ1) is 9.79. The van der Waals surface area contributed by atoms with Crippen LogP contribution in [0.2, 0.25) is 0 Å². The molecular weight excluding hydrogens is 295 g/mol. The van der Waals surface area contributed by atoms with Crippen molar-refractivity contribution in [3.05, 3.63) is 53.8 Å². The van der Waals surface area contributed by atoms with Gasteiger partial charge >= 0.3 is 0 Å². The molecule has 0 radical (unpaired) electrons. The Kier molecular flexibility index (Phi) is 3.95. The predicted molar refractivity (Wildman–Crippen MR) is 78.1 cm³/mol. The highest BCUT2D eigenvalue weighted by molar-refractivity contribution is 7.92. The van der Waals surface area contributed by atoms with Crippen LogP contribution in [0.25, 0.3) is 0 Å². The van der Waals surface area contributed by atoms with Crippen LogP contribution in [-0.4, -0.2) is 14.2 Å². The number of nitrogen functional groups attached to an aromatic ring is 1. The Labute approximate surface area is 121 Å². The third-order valence-corrected chi connectivity index (χ3v) is 4.24. The summed E-state index contributed by atoms with van der Waals surface area (Å²) < 4.78 is 39.7. The molecule has 0 aromatic heterocycles. The lowest BCUT2D eigenvalue weighted by molar-refractivity contribution is 0.101. The minimum Gasteiger partial charge on any atom is -0.398 e. The number of Topliss-reactive ketones (excluding diaryl/α,β-unsaturated/α-hetero) is 1. The molecule has 0 aliphatic heterocycles. The van der Waals surface area contributed by atoms with E-state index in [1.165, 1.54) is 19.1 Å². The molecule has 0 saturated carbocycles. The molecule has 5 nitrogen and oxygen atoms in total. The summed E-state index contributed by atoms with van der Waals surface area (Å²) in [5.41, 5.74) is 5.94. The normalized spacial score (nSPS) is 11.1. The van der Waals surface area contributed by atoms with E-state index in [4.69, 9.17) is 5.73 Å². The van der Waals surface area contributed by atoms with Crippen molar-refractivity contribution < 1.29 is 17.6 Å². The number of hydrogen-bond acceptors (Lipinski definition) is 4. The van der Waals surface area contributed by atoms with Crippen LogP contribution in [0.15, 0.2) is 47.4 Å². The van der Waals surface area contributed by atoms with Crippen molar-refractivity contribution in [1.29, 1.82) is 0 Å². The molecule has 110 valence electrons. The maximum Gasteiger partial charge on any atom is 0.263 e. The molecule has 21 heavy (non-hydrogen) atoms. The summed E-state index contributed by atoms with van der Waals surface area (Å²) in [6, 6.07) is 9.08. The Morgan fingerprint density at radius 3 is 2.52 bits per heavy atom. The van der Waals surface area contributed by atoms with E-state index in [1.807, 2.05) is 0 Å². The van der Waals surface area contributed by atoms with E-state index in [0.717, 1.165) is 18.2 Å². The highest BCUT2D eigenvalue weighted by atomic mass is 32.2. The maximum absolute atomic E-state index is 13.0. The smallest absolute Gasteiger partial charge is 0.263 e. The summed E-state index contributed by atoms with van der Waals surface area (Å²) in [5, 5.41) is 0. The van der Waals surface area contributed by atoms with Gasteiger partial charge in [-0.25, -0.2) is 12.8 Å². The Bertz CT molecular complexity index is 804. The van der Waals surface area contributed by atoms with Crippen molar-refractivity contribution in [3.8, 4) is 0 Å². The first-order valence-electron chi connectivity index (χ1n) is 5.98. The fraction of sp³-hybridized carbons (Fsp3) is 0.0714. The van der Waals surface area contributed by atoms with Crippen LogP contribution >= 0.6 is 0 Å². The monoisotopic (exact) mass is 308 g/mol. The molecule has 0 aliphatic carbocycles. The molecule has 0 unspecified atom stereocenters. The van der Waals surface area contributed by atoms with Crippen molar-refractivity contribution in [2.75, 3.05) is 10.5 Å². The van der Waals surface area contributed by atoms with Crippen LogP contribution in [0, 0.1) is 5.82 Å². The van der Waals surface area contributed by atoms with E-state index >= 15 is 0 Å². The van der Waals surface area contributed by atoms with Gasteiger partial charge in [0.15, 0.2) is 5.78 Å². The summed E-state index contributed by atoms with van der Waals surface area (Å²) in [7, 11) is -3.96. The number of hydrogen-bond donors (Lipinski definition) is 2. The number of nitrogens with two attached hydrogens (primary N) is 1. The van der Waals surface area contributed by atoms with Crippen molar-refractivity contribution in [1.82, 2.24) is 0 Å². The van der Waals surface area contributed by atoms with Crippen LogP contribution < -0.4 is 10.5 Å². The number of carbonyl (C=O) groups excluding carboxylic acids is 1. The van der Waals surface area contributed by atoms with E-state index < -0.39 is 15.8 Å². The number of benzene rings is 2. The van der Waals surface area contributed by atoms with Gasteiger partial charge in [-0.05, 0) is 37.3 Å². The van der Waals surface area contributed by atoms with Gasteiger partial charge in [-0.15, -0.1) is 0 Å². The minimum atomic E-state index is -3.96. The van der Waals surface area contributed by atoms with Crippen LogP contribution in [0.3, 0.4) is 0 Å². The molecule has 2 rings (SSSR count). The van der Waals surface area contributed by atoms with Crippen LogP contribution in [-0.2, 0) is 10.0 Å². The summed E-state index contributed by atoms with van der Waals surface area (Å²) in [6.45, 7) is 1.38. The predicted octanol–water partition coefficient (Wildman–Crippen LogP) is 2.41. The van der Waals surface area contributed by atoms with E-state index in [0.29, 0.717) is 5.56 Å². The molecule has 0 saturated heterocycles. The Morgan fingerprint density at radius 1 is 1.19 bits per heavy atom. The van der Waals surface area contributed by atoms with Gasteiger partial charge in [0, 0.05) is 11.3 Å². The number of sulfonamides is 1. The molecule has 0 spiro atoms. The van der Waals surface area contributed by atoms with Crippen molar-refractivity contribution in [3.63, 3.8) is 0 Å². The average molecular weight is 308 g/mol. The number of halogens is 1. The van der Waals surface area contributed by atoms with Crippen LogP contribution in [0.1, 0.15) is 17.3 Å². The van der Waals surface area contributed by atoms with Gasteiger partial charge < -0.3 is 5.73 Å². The zero-order valence-corrected chi connectivity index (χ0v) is 11.9. The molecule has 0 atom stereocenters. The number of carbonyl (C=O) groups is 1. The van der Waals surface area contributed by atoms with Gasteiger partial charge in [0.2, 0.25) is 0 Å². The van der Waals surface area contributed by atoms with Crippen molar-refractivity contribution in [2.24, 2.45) is 0 Å². The van der Waals surface area contributed by atoms with Crippen LogP contribution in [0.4, 0.5) is 15.8 Å². The van der Waals surface area contributed by atoms with Gasteiger partial charge in [0.05, 0.1) is 5.69 Å². The highest BCUT2D eigenvalue weighted by Crippen LogP contribution is 2.22.